The van der Waals surface area contributed by atoms with Crippen LogP contribution in [0, 0.1) is 11.3 Å². The second-order valence-electron chi connectivity index (χ2n) is 2.14. The lowest BCUT2D eigenvalue weighted by Gasteiger charge is -1.97. The molecule has 0 aliphatic rings. The van der Waals surface area contributed by atoms with Crippen molar-refractivity contribution in [1.82, 2.24) is 20.6 Å². The number of carbonyl (C=O) groups is 1. The van der Waals surface area contributed by atoms with Crippen molar-refractivity contribution in [2.24, 2.45) is 5.10 Å². The third-order valence-electron chi connectivity index (χ3n) is 1.19. The van der Waals surface area contributed by atoms with E-state index in [-0.39, 0.29) is 12.6 Å². The summed E-state index contributed by atoms with van der Waals surface area (Å²) in [4.78, 5) is 11.1. The molecule has 0 bridgehead atoms. The molecule has 2 N–H and O–H groups in total. The Morgan fingerprint density at radius 3 is 3.13 bits per heavy atom. The second-order valence-corrected chi connectivity index (χ2v) is 2.14. The highest BCUT2D eigenvalue weighted by Gasteiger charge is 2.11. The molecule has 0 aliphatic carbocycles. The molecule has 0 saturated carbocycles. The Hall–Kier alpha value is -2.50. The zero-order chi connectivity index (χ0) is 11.1. The van der Waals surface area contributed by atoms with Gasteiger partial charge in [0.15, 0.2) is 0 Å². The SMILES string of the molecule is CCOC(=O)/C(C#N)=N/Nc1nn[nH]n1. The van der Waals surface area contributed by atoms with Crippen molar-refractivity contribution in [3.05, 3.63) is 0 Å². The number of aromatic nitrogens is 4. The number of tetrazole rings is 1. The van der Waals surface area contributed by atoms with Gasteiger partial charge in [-0.1, -0.05) is 5.10 Å². The first-order valence-electron chi connectivity index (χ1n) is 3.92. The lowest BCUT2D eigenvalue weighted by Crippen LogP contribution is -2.17. The number of hydrogen-bond acceptors (Lipinski definition) is 8. The minimum absolute atomic E-state index is 0.0482. The number of esters is 1. The fourth-order valence-electron chi connectivity index (χ4n) is 0.631. The summed E-state index contributed by atoms with van der Waals surface area (Å²) < 4.78 is 4.57. The standard InChI is InChI=1S/C6H7N7O2/c1-2-15-5(14)4(3-7)8-9-6-10-12-13-11-6/h2H2,1H3,(H2,9,10,11,12,13)/b8-4+. The molecule has 0 fully saturated rings. The molecule has 0 atom stereocenters. The number of aromatic amines is 1. The number of carbonyl (C=O) groups excluding carboxylic acids is 1. The average Bonchev–Trinajstić information content (AvgIpc) is 2.72. The van der Waals surface area contributed by atoms with Crippen LogP contribution in [0.15, 0.2) is 5.10 Å². The number of rotatable bonds is 4. The Bertz CT molecular complexity index is 390. The lowest BCUT2D eigenvalue weighted by atomic mass is 10.4. The maximum absolute atomic E-state index is 11.1. The summed E-state index contributed by atoms with van der Waals surface area (Å²) in [6, 6.07) is 1.58. The van der Waals surface area contributed by atoms with Crippen LogP contribution in [0.2, 0.25) is 0 Å². The molecule has 0 saturated heterocycles. The number of anilines is 1. The van der Waals surface area contributed by atoms with E-state index in [4.69, 9.17) is 5.26 Å². The largest absolute Gasteiger partial charge is 0.461 e. The zero-order valence-electron chi connectivity index (χ0n) is 7.76. The van der Waals surface area contributed by atoms with Crippen molar-refractivity contribution in [2.75, 3.05) is 12.0 Å². The van der Waals surface area contributed by atoms with Crippen LogP contribution < -0.4 is 5.43 Å². The van der Waals surface area contributed by atoms with Crippen LogP contribution in [0.1, 0.15) is 6.92 Å². The Balaban J connectivity index is 2.63. The number of hydrogen-bond donors (Lipinski definition) is 2. The third kappa shape index (κ3) is 3.03. The molecule has 15 heavy (non-hydrogen) atoms. The molecule has 0 aromatic carbocycles. The first-order chi connectivity index (χ1) is 7.27. The van der Waals surface area contributed by atoms with E-state index in [0.29, 0.717) is 0 Å². The first kappa shape index (κ1) is 10.6. The summed E-state index contributed by atoms with van der Waals surface area (Å²) >= 11 is 0. The number of nitrogens with zero attached hydrogens (tertiary/aromatic N) is 5. The van der Waals surface area contributed by atoms with Crippen molar-refractivity contribution < 1.29 is 9.53 Å². The van der Waals surface area contributed by atoms with Crippen molar-refractivity contribution in [3.8, 4) is 6.07 Å². The maximum Gasteiger partial charge on any atom is 0.369 e. The highest BCUT2D eigenvalue weighted by atomic mass is 16.5. The summed E-state index contributed by atoms with van der Waals surface area (Å²) in [6.07, 6.45) is 0. The summed E-state index contributed by atoms with van der Waals surface area (Å²) in [7, 11) is 0. The van der Waals surface area contributed by atoms with Gasteiger partial charge in [-0.15, -0.1) is 5.10 Å². The van der Waals surface area contributed by atoms with Gasteiger partial charge in [0.2, 0.25) is 5.71 Å². The fourth-order valence-corrected chi connectivity index (χ4v) is 0.631. The predicted molar refractivity (Wildman–Crippen MR) is 47.5 cm³/mol. The van der Waals surface area contributed by atoms with Gasteiger partial charge < -0.3 is 4.74 Å². The molecule has 9 nitrogen and oxygen atoms in total. The van der Waals surface area contributed by atoms with Gasteiger partial charge in [-0.2, -0.15) is 15.6 Å². The van der Waals surface area contributed by atoms with Crippen molar-refractivity contribution in [2.45, 2.75) is 6.92 Å². The van der Waals surface area contributed by atoms with E-state index in [1.807, 2.05) is 0 Å². The van der Waals surface area contributed by atoms with E-state index >= 15 is 0 Å². The number of ether oxygens (including phenoxy) is 1. The summed E-state index contributed by atoms with van der Waals surface area (Å²) in [5, 5.41) is 24.4. The fraction of sp³-hybridized carbons (Fsp3) is 0.333. The van der Waals surface area contributed by atoms with Gasteiger partial charge >= 0.3 is 5.97 Å². The van der Waals surface area contributed by atoms with E-state index in [1.165, 1.54) is 0 Å². The highest BCUT2D eigenvalue weighted by Crippen LogP contribution is 1.91. The van der Waals surface area contributed by atoms with E-state index < -0.39 is 11.7 Å². The van der Waals surface area contributed by atoms with Crippen molar-refractivity contribution in [3.63, 3.8) is 0 Å². The maximum atomic E-state index is 11.1. The smallest absolute Gasteiger partial charge is 0.369 e. The molecular formula is C6H7N7O2. The Kier molecular flexibility index (Phi) is 3.72. The molecule has 0 amide bonds. The topological polar surface area (TPSA) is 129 Å². The molecule has 0 spiro atoms. The van der Waals surface area contributed by atoms with Gasteiger partial charge in [-0.05, 0) is 12.1 Å². The molecule has 0 aliphatic heterocycles. The van der Waals surface area contributed by atoms with E-state index in [1.54, 1.807) is 13.0 Å². The molecular weight excluding hydrogens is 202 g/mol. The van der Waals surface area contributed by atoms with Crippen LogP contribution in [0.5, 0.6) is 0 Å². The van der Waals surface area contributed by atoms with Crippen molar-refractivity contribution in [1.29, 1.82) is 5.26 Å². The van der Waals surface area contributed by atoms with Crippen LogP contribution in [-0.2, 0) is 9.53 Å². The molecule has 1 aromatic rings. The molecule has 78 valence electrons. The quantitative estimate of drug-likeness (QED) is 0.371. The predicted octanol–water partition coefficient (Wildman–Crippen LogP) is -0.946. The van der Waals surface area contributed by atoms with Gasteiger partial charge in [0.05, 0.1) is 6.61 Å². The number of H-pyrrole nitrogens is 1. The Labute approximate surface area is 84.1 Å². The highest BCUT2D eigenvalue weighted by molar-refractivity contribution is 6.43. The molecule has 1 rings (SSSR count). The van der Waals surface area contributed by atoms with Crippen LogP contribution in [-0.4, -0.2) is 38.9 Å². The minimum atomic E-state index is -0.809. The average molecular weight is 209 g/mol. The number of hydrazone groups is 1. The Morgan fingerprint density at radius 1 is 1.80 bits per heavy atom. The summed E-state index contributed by atoms with van der Waals surface area (Å²) in [5.74, 6) is -0.761. The zero-order valence-corrected chi connectivity index (χ0v) is 7.76. The second kappa shape index (κ2) is 5.28. The van der Waals surface area contributed by atoms with E-state index in [2.05, 4.69) is 35.9 Å². The van der Waals surface area contributed by atoms with E-state index in [9.17, 15) is 4.79 Å². The van der Waals surface area contributed by atoms with Gasteiger partial charge in [0.25, 0.3) is 5.95 Å². The molecule has 0 unspecified atom stereocenters. The molecule has 0 radical (unpaired) electrons. The van der Waals surface area contributed by atoms with Crippen LogP contribution in [0.4, 0.5) is 5.95 Å². The molecule has 1 heterocycles. The van der Waals surface area contributed by atoms with Crippen LogP contribution in [0.3, 0.4) is 0 Å². The van der Waals surface area contributed by atoms with Crippen molar-refractivity contribution >= 4 is 17.6 Å². The van der Waals surface area contributed by atoms with Crippen LogP contribution in [0.25, 0.3) is 0 Å². The summed E-state index contributed by atoms with van der Waals surface area (Å²) in [6.45, 7) is 1.79. The first-order valence-corrected chi connectivity index (χ1v) is 3.92. The Morgan fingerprint density at radius 2 is 2.60 bits per heavy atom. The minimum Gasteiger partial charge on any atom is -0.461 e. The van der Waals surface area contributed by atoms with E-state index in [0.717, 1.165) is 0 Å². The normalized spacial score (nSPS) is 10.5. The lowest BCUT2D eigenvalue weighted by molar-refractivity contribution is -0.134. The van der Waals surface area contributed by atoms with Gasteiger partial charge in [0, 0.05) is 0 Å². The number of nitrogens with one attached hydrogen (secondary N) is 2. The molecule has 1 aromatic heterocycles. The monoisotopic (exact) mass is 209 g/mol. The van der Waals surface area contributed by atoms with Gasteiger partial charge in [-0.25, -0.2) is 10.2 Å². The summed E-state index contributed by atoms with van der Waals surface area (Å²) in [5.41, 5.74) is 1.85. The van der Waals surface area contributed by atoms with Gasteiger partial charge in [0.1, 0.15) is 6.07 Å². The van der Waals surface area contributed by atoms with Crippen LogP contribution >= 0.6 is 0 Å². The number of nitriles is 1. The third-order valence-corrected chi connectivity index (χ3v) is 1.19. The van der Waals surface area contributed by atoms with Gasteiger partial charge in [-0.3, -0.25) is 0 Å². The molecule has 9 heteroatoms.